The molecular weight excluding hydrogens is 228 g/mol. The highest BCUT2D eigenvalue weighted by molar-refractivity contribution is 5.79. The average Bonchev–Trinajstić information content (AvgIpc) is 2.98. The second-order valence-corrected chi connectivity index (χ2v) is 4.43. The minimum Gasteiger partial charge on any atom is -0.353 e. The highest BCUT2D eigenvalue weighted by Gasteiger charge is 2.12. The number of guanidine groups is 1. The lowest BCUT2D eigenvalue weighted by molar-refractivity contribution is 0.626. The van der Waals surface area contributed by atoms with Crippen molar-refractivity contribution in [3.05, 3.63) is 23.8 Å². The van der Waals surface area contributed by atoms with Gasteiger partial charge in [-0.3, -0.25) is 4.99 Å². The molecule has 1 aliphatic rings. The van der Waals surface area contributed by atoms with Crippen LogP contribution in [0.2, 0.25) is 0 Å². The fourth-order valence-corrected chi connectivity index (χ4v) is 1.89. The van der Waals surface area contributed by atoms with Gasteiger partial charge in [-0.15, -0.1) is 10.2 Å². The van der Waals surface area contributed by atoms with Gasteiger partial charge in [0.05, 0.1) is 6.54 Å². The van der Waals surface area contributed by atoms with Crippen LogP contribution in [0.1, 0.15) is 24.5 Å². The Hall–Kier alpha value is -1.85. The van der Waals surface area contributed by atoms with Crippen LogP contribution in [0.15, 0.2) is 17.1 Å². The molecule has 98 valence electrons. The molecule has 0 fully saturated rings. The topological polar surface area (TPSA) is 67.1 Å². The molecule has 6 nitrogen and oxygen atoms in total. The van der Waals surface area contributed by atoms with E-state index >= 15 is 0 Å². The molecule has 0 atom stereocenters. The smallest absolute Gasteiger partial charge is 0.191 e. The van der Waals surface area contributed by atoms with Crippen LogP contribution >= 0.6 is 0 Å². The summed E-state index contributed by atoms with van der Waals surface area (Å²) in [5, 5.41) is 14.8. The Morgan fingerprint density at radius 3 is 2.72 bits per heavy atom. The Bertz CT molecular complexity index is 451. The standard InChI is InChI=1S/C12H20N6/c1-9-16-17-11(18(9)3)8-14-12(13-2)15-10-6-4-5-7-10/h4-5,10H,6-8H2,1-3H3,(H2,13,14,15). The van der Waals surface area contributed by atoms with Gasteiger partial charge in [-0.25, -0.2) is 0 Å². The molecule has 0 unspecified atom stereocenters. The Labute approximate surface area is 107 Å². The molecule has 0 radical (unpaired) electrons. The minimum absolute atomic E-state index is 0.456. The van der Waals surface area contributed by atoms with Crippen LogP contribution in [0.4, 0.5) is 0 Å². The second-order valence-electron chi connectivity index (χ2n) is 4.43. The molecule has 1 aromatic heterocycles. The molecule has 1 aromatic rings. The third-order valence-corrected chi connectivity index (χ3v) is 3.17. The predicted molar refractivity (Wildman–Crippen MR) is 71.2 cm³/mol. The quantitative estimate of drug-likeness (QED) is 0.464. The van der Waals surface area contributed by atoms with Gasteiger partial charge < -0.3 is 15.2 Å². The number of hydrogen-bond acceptors (Lipinski definition) is 3. The number of aryl methyl sites for hydroxylation is 1. The lowest BCUT2D eigenvalue weighted by Crippen LogP contribution is -2.42. The predicted octanol–water partition coefficient (Wildman–Crippen LogP) is 0.507. The van der Waals surface area contributed by atoms with Gasteiger partial charge in [0.2, 0.25) is 0 Å². The lowest BCUT2D eigenvalue weighted by atomic mass is 10.2. The number of aliphatic imine (C=N–C) groups is 1. The van der Waals surface area contributed by atoms with Gasteiger partial charge in [0, 0.05) is 20.1 Å². The van der Waals surface area contributed by atoms with E-state index in [1.165, 1.54) is 0 Å². The van der Waals surface area contributed by atoms with E-state index in [1.54, 1.807) is 7.05 Å². The maximum atomic E-state index is 4.21. The highest BCUT2D eigenvalue weighted by Crippen LogP contribution is 2.08. The molecule has 0 aromatic carbocycles. The maximum absolute atomic E-state index is 4.21. The van der Waals surface area contributed by atoms with Gasteiger partial charge in [0.25, 0.3) is 0 Å². The van der Waals surface area contributed by atoms with Gasteiger partial charge in [0.1, 0.15) is 5.82 Å². The highest BCUT2D eigenvalue weighted by atomic mass is 15.3. The van der Waals surface area contributed by atoms with Crippen molar-refractivity contribution in [1.29, 1.82) is 0 Å². The third kappa shape index (κ3) is 2.88. The summed E-state index contributed by atoms with van der Waals surface area (Å²) in [7, 11) is 3.74. The van der Waals surface area contributed by atoms with Crippen molar-refractivity contribution in [1.82, 2.24) is 25.4 Å². The van der Waals surface area contributed by atoms with Crippen molar-refractivity contribution in [2.24, 2.45) is 12.0 Å². The van der Waals surface area contributed by atoms with Crippen molar-refractivity contribution in [3.63, 3.8) is 0 Å². The Kier molecular flexibility index (Phi) is 3.96. The first-order valence-corrected chi connectivity index (χ1v) is 6.17. The fourth-order valence-electron chi connectivity index (χ4n) is 1.89. The zero-order valence-electron chi connectivity index (χ0n) is 11.1. The minimum atomic E-state index is 0.456. The van der Waals surface area contributed by atoms with E-state index < -0.39 is 0 Å². The normalized spacial score (nSPS) is 16.3. The molecule has 2 rings (SSSR count). The summed E-state index contributed by atoms with van der Waals surface area (Å²) in [5.74, 6) is 2.62. The van der Waals surface area contributed by atoms with Crippen LogP contribution in [0.5, 0.6) is 0 Å². The summed E-state index contributed by atoms with van der Waals surface area (Å²) < 4.78 is 1.97. The van der Waals surface area contributed by atoms with E-state index in [0.717, 1.165) is 30.5 Å². The molecule has 1 aliphatic carbocycles. The van der Waals surface area contributed by atoms with Gasteiger partial charge >= 0.3 is 0 Å². The Morgan fingerprint density at radius 2 is 2.17 bits per heavy atom. The fraction of sp³-hybridized carbons (Fsp3) is 0.583. The van der Waals surface area contributed by atoms with Gasteiger partial charge in [-0.2, -0.15) is 0 Å². The zero-order valence-corrected chi connectivity index (χ0v) is 11.1. The average molecular weight is 248 g/mol. The first-order chi connectivity index (χ1) is 8.70. The van der Waals surface area contributed by atoms with Crippen molar-refractivity contribution in [2.45, 2.75) is 32.4 Å². The van der Waals surface area contributed by atoms with Crippen molar-refractivity contribution >= 4 is 5.96 Å². The van der Waals surface area contributed by atoms with E-state index in [-0.39, 0.29) is 0 Å². The Morgan fingerprint density at radius 1 is 1.44 bits per heavy atom. The summed E-state index contributed by atoms with van der Waals surface area (Å²) in [6.45, 7) is 2.56. The summed E-state index contributed by atoms with van der Waals surface area (Å²) in [6.07, 6.45) is 6.50. The molecule has 0 saturated carbocycles. The van der Waals surface area contributed by atoms with Gasteiger partial charge in [0.15, 0.2) is 11.8 Å². The zero-order chi connectivity index (χ0) is 13.0. The van der Waals surface area contributed by atoms with Crippen molar-refractivity contribution in [2.75, 3.05) is 7.05 Å². The molecule has 0 amide bonds. The van der Waals surface area contributed by atoms with Gasteiger partial charge in [-0.1, -0.05) is 12.2 Å². The summed E-state index contributed by atoms with van der Waals surface area (Å²) in [4.78, 5) is 4.21. The molecule has 2 N–H and O–H groups in total. The van der Waals surface area contributed by atoms with Crippen LogP contribution in [0.25, 0.3) is 0 Å². The molecule has 1 heterocycles. The second kappa shape index (κ2) is 5.66. The van der Waals surface area contributed by atoms with Crippen molar-refractivity contribution in [3.8, 4) is 0 Å². The molecule has 6 heteroatoms. The monoisotopic (exact) mass is 248 g/mol. The molecule has 0 spiro atoms. The van der Waals surface area contributed by atoms with E-state index in [4.69, 9.17) is 0 Å². The van der Waals surface area contributed by atoms with Crippen LogP contribution in [0, 0.1) is 6.92 Å². The van der Waals surface area contributed by atoms with Crippen LogP contribution < -0.4 is 10.6 Å². The van der Waals surface area contributed by atoms with Crippen molar-refractivity contribution < 1.29 is 0 Å². The van der Waals surface area contributed by atoms with E-state index in [0.29, 0.717) is 12.6 Å². The van der Waals surface area contributed by atoms with E-state index in [2.05, 4.69) is 38.0 Å². The van der Waals surface area contributed by atoms with E-state index in [9.17, 15) is 0 Å². The SMILES string of the molecule is CN=C(NCc1nnc(C)n1C)NC1CC=CC1. The van der Waals surface area contributed by atoms with E-state index in [1.807, 2.05) is 18.5 Å². The number of aromatic nitrogens is 3. The summed E-state index contributed by atoms with van der Waals surface area (Å²) in [5.41, 5.74) is 0. The number of nitrogens with zero attached hydrogens (tertiary/aromatic N) is 4. The Balaban J connectivity index is 1.85. The number of hydrogen-bond donors (Lipinski definition) is 2. The first-order valence-electron chi connectivity index (χ1n) is 6.17. The molecule has 0 aliphatic heterocycles. The van der Waals surface area contributed by atoms with Crippen LogP contribution in [-0.4, -0.2) is 33.8 Å². The first kappa shape index (κ1) is 12.6. The third-order valence-electron chi connectivity index (χ3n) is 3.17. The lowest BCUT2D eigenvalue weighted by Gasteiger charge is -2.16. The largest absolute Gasteiger partial charge is 0.353 e. The maximum Gasteiger partial charge on any atom is 0.191 e. The van der Waals surface area contributed by atoms with Gasteiger partial charge in [-0.05, 0) is 19.8 Å². The molecule has 0 bridgehead atoms. The molecule has 0 saturated heterocycles. The molecule has 18 heavy (non-hydrogen) atoms. The summed E-state index contributed by atoms with van der Waals surface area (Å²) in [6, 6.07) is 0.456. The molecular formula is C12H20N6. The van der Waals surface area contributed by atoms with Crippen LogP contribution in [0.3, 0.4) is 0 Å². The van der Waals surface area contributed by atoms with Crippen LogP contribution in [-0.2, 0) is 13.6 Å². The summed E-state index contributed by atoms with van der Waals surface area (Å²) >= 11 is 0. The number of nitrogens with one attached hydrogen (secondary N) is 2. The number of rotatable bonds is 3.